The van der Waals surface area contributed by atoms with Gasteiger partial charge in [-0.2, -0.15) is 0 Å². The van der Waals surface area contributed by atoms with Gasteiger partial charge in [0.2, 0.25) is 0 Å². The SMILES string of the molecule is CC/C=C\C/C=C\C/C=C\C/C=C\CCCCCCC(=O)OCC(COC1OC(C(=O)O)C(O)C(O)C1OC(=O)CCCCCCC/C=C\CCCC)OC(=O)CCCCCCCCC/C=C\C/C=C\CCCCC. The number of aliphatic hydroxyl groups excluding tert-OH is 2. The van der Waals surface area contributed by atoms with Gasteiger partial charge in [-0.25, -0.2) is 4.79 Å². The van der Waals surface area contributed by atoms with Gasteiger partial charge in [0.1, 0.15) is 18.8 Å². The Labute approximate surface area is 454 Å². The van der Waals surface area contributed by atoms with Crippen molar-refractivity contribution in [1.29, 1.82) is 0 Å². The minimum atomic E-state index is -1.91. The third-order valence-corrected chi connectivity index (χ3v) is 12.9. The summed E-state index contributed by atoms with van der Waals surface area (Å²) in [4.78, 5) is 51.1. The normalized spacial score (nSPS) is 18.8. The van der Waals surface area contributed by atoms with Crippen molar-refractivity contribution in [1.82, 2.24) is 0 Å². The van der Waals surface area contributed by atoms with E-state index in [0.717, 1.165) is 141 Å². The Hall–Kier alpha value is -4.10. The molecule has 0 aromatic heterocycles. The Bertz CT molecular complexity index is 1630. The summed E-state index contributed by atoms with van der Waals surface area (Å²) in [7, 11) is 0. The lowest BCUT2D eigenvalue weighted by molar-refractivity contribution is -0.301. The molecule has 3 N–H and O–H groups in total. The number of ether oxygens (including phenoxy) is 5. The highest BCUT2D eigenvalue weighted by molar-refractivity contribution is 5.74. The van der Waals surface area contributed by atoms with Crippen molar-refractivity contribution in [2.75, 3.05) is 13.2 Å². The van der Waals surface area contributed by atoms with Crippen LogP contribution in [0.15, 0.2) is 85.1 Å². The molecule has 1 fully saturated rings. The van der Waals surface area contributed by atoms with Crippen LogP contribution >= 0.6 is 0 Å². The molecule has 0 radical (unpaired) electrons. The van der Waals surface area contributed by atoms with Gasteiger partial charge in [-0.05, 0) is 109 Å². The van der Waals surface area contributed by atoms with Crippen LogP contribution < -0.4 is 0 Å². The maximum absolute atomic E-state index is 13.2. The molecule has 0 aliphatic carbocycles. The maximum Gasteiger partial charge on any atom is 0.335 e. The summed E-state index contributed by atoms with van der Waals surface area (Å²) >= 11 is 0. The van der Waals surface area contributed by atoms with Gasteiger partial charge in [-0.3, -0.25) is 14.4 Å². The van der Waals surface area contributed by atoms with Gasteiger partial charge in [0.25, 0.3) is 0 Å². The second kappa shape index (κ2) is 50.7. The van der Waals surface area contributed by atoms with Gasteiger partial charge >= 0.3 is 23.9 Å². The highest BCUT2D eigenvalue weighted by atomic mass is 16.7. The molecule has 1 aliphatic heterocycles. The number of carboxylic acid groups (broad SMARTS) is 1. The number of hydrogen-bond donors (Lipinski definition) is 3. The van der Waals surface area contributed by atoms with E-state index in [9.17, 15) is 34.5 Å². The number of hydrogen-bond acceptors (Lipinski definition) is 11. The van der Waals surface area contributed by atoms with Gasteiger partial charge in [0, 0.05) is 19.3 Å². The van der Waals surface area contributed by atoms with E-state index in [0.29, 0.717) is 19.3 Å². The Kier molecular flexibility index (Phi) is 46.6. The zero-order valence-corrected chi connectivity index (χ0v) is 47.0. The van der Waals surface area contributed by atoms with Crippen molar-refractivity contribution in [2.24, 2.45) is 0 Å². The molecule has 6 atom stereocenters. The molecule has 1 rings (SSSR count). The number of aliphatic carboxylic acids is 1. The summed E-state index contributed by atoms with van der Waals surface area (Å²) in [6.07, 6.45) is 52.7. The van der Waals surface area contributed by atoms with Gasteiger partial charge in [-0.15, -0.1) is 0 Å². The molecule has 428 valence electrons. The number of aliphatic hydroxyl groups is 2. The number of carbonyl (C=O) groups excluding carboxylic acids is 3. The Morgan fingerprint density at radius 2 is 0.853 bits per heavy atom. The summed E-state index contributed by atoms with van der Waals surface area (Å²) in [5.74, 6) is -3.18. The molecule has 12 nitrogen and oxygen atoms in total. The highest BCUT2D eigenvalue weighted by Crippen LogP contribution is 2.26. The van der Waals surface area contributed by atoms with Crippen LogP contribution in [0.5, 0.6) is 0 Å². The molecule has 12 heteroatoms. The van der Waals surface area contributed by atoms with E-state index < -0.39 is 67.3 Å². The zero-order valence-electron chi connectivity index (χ0n) is 47.0. The van der Waals surface area contributed by atoms with E-state index in [1.54, 1.807) is 0 Å². The lowest BCUT2D eigenvalue weighted by Crippen LogP contribution is -2.61. The third kappa shape index (κ3) is 40.8. The van der Waals surface area contributed by atoms with E-state index in [4.69, 9.17) is 23.7 Å². The molecule has 0 aromatic carbocycles. The Morgan fingerprint density at radius 1 is 0.453 bits per heavy atom. The average molecular weight is 1050 g/mol. The van der Waals surface area contributed by atoms with Crippen LogP contribution in [0.25, 0.3) is 0 Å². The van der Waals surface area contributed by atoms with Gasteiger partial charge in [-0.1, -0.05) is 196 Å². The zero-order chi connectivity index (χ0) is 54.7. The van der Waals surface area contributed by atoms with Crippen molar-refractivity contribution in [3.63, 3.8) is 0 Å². The first-order chi connectivity index (χ1) is 36.6. The molecule has 75 heavy (non-hydrogen) atoms. The lowest BCUT2D eigenvalue weighted by Gasteiger charge is -2.40. The Morgan fingerprint density at radius 3 is 1.33 bits per heavy atom. The Balaban J connectivity index is 2.71. The molecule has 0 amide bonds. The third-order valence-electron chi connectivity index (χ3n) is 12.9. The number of unbranched alkanes of at least 4 members (excludes halogenated alkanes) is 21. The fraction of sp³-hybridized carbons (Fsp3) is 0.714. The van der Waals surface area contributed by atoms with Crippen LogP contribution in [0.1, 0.15) is 239 Å². The van der Waals surface area contributed by atoms with Crippen molar-refractivity contribution >= 4 is 23.9 Å². The highest BCUT2D eigenvalue weighted by Gasteiger charge is 2.50. The molecule has 0 spiro atoms. The van der Waals surface area contributed by atoms with Gasteiger partial charge < -0.3 is 39.0 Å². The van der Waals surface area contributed by atoms with Crippen LogP contribution in [0.2, 0.25) is 0 Å². The van der Waals surface area contributed by atoms with Crippen molar-refractivity contribution in [3.8, 4) is 0 Å². The van der Waals surface area contributed by atoms with Crippen LogP contribution in [0.3, 0.4) is 0 Å². The average Bonchev–Trinajstić information content (AvgIpc) is 3.39. The lowest BCUT2D eigenvalue weighted by atomic mass is 9.98. The van der Waals surface area contributed by atoms with E-state index in [-0.39, 0.29) is 25.9 Å². The molecule has 1 heterocycles. The number of carbonyl (C=O) groups is 4. The molecule has 0 aromatic rings. The molecular weight excluding hydrogens is 949 g/mol. The van der Waals surface area contributed by atoms with Crippen molar-refractivity contribution in [2.45, 2.75) is 276 Å². The van der Waals surface area contributed by atoms with Gasteiger partial charge in [0.15, 0.2) is 24.6 Å². The first kappa shape index (κ1) is 68.9. The summed E-state index contributed by atoms with van der Waals surface area (Å²) in [6, 6.07) is 0. The molecule has 6 unspecified atom stereocenters. The maximum atomic E-state index is 13.2. The fourth-order valence-electron chi connectivity index (χ4n) is 8.37. The van der Waals surface area contributed by atoms with Crippen LogP contribution in [0.4, 0.5) is 0 Å². The second-order valence-electron chi connectivity index (χ2n) is 19.9. The minimum Gasteiger partial charge on any atom is -0.479 e. The van der Waals surface area contributed by atoms with E-state index in [1.165, 1.54) is 38.5 Å². The van der Waals surface area contributed by atoms with Gasteiger partial charge in [0.05, 0.1) is 6.61 Å². The molecular formula is C63H104O12. The van der Waals surface area contributed by atoms with E-state index >= 15 is 0 Å². The quantitative estimate of drug-likeness (QED) is 0.0228. The van der Waals surface area contributed by atoms with E-state index in [1.807, 2.05) is 0 Å². The number of carboxylic acids is 1. The molecule has 0 saturated carbocycles. The van der Waals surface area contributed by atoms with Crippen LogP contribution in [-0.2, 0) is 42.9 Å². The van der Waals surface area contributed by atoms with Crippen LogP contribution in [-0.4, -0.2) is 89.2 Å². The number of esters is 3. The summed E-state index contributed by atoms with van der Waals surface area (Å²) in [6.45, 7) is 5.77. The van der Waals surface area contributed by atoms with Crippen molar-refractivity contribution < 1.29 is 58.2 Å². The fourth-order valence-corrected chi connectivity index (χ4v) is 8.37. The largest absolute Gasteiger partial charge is 0.479 e. The molecule has 1 aliphatic rings. The predicted octanol–water partition coefficient (Wildman–Crippen LogP) is 15.1. The molecule has 1 saturated heterocycles. The molecule has 0 bridgehead atoms. The van der Waals surface area contributed by atoms with E-state index in [2.05, 4.69) is 106 Å². The number of allylic oxidation sites excluding steroid dienone is 14. The predicted molar refractivity (Wildman–Crippen MR) is 303 cm³/mol. The van der Waals surface area contributed by atoms with Crippen LogP contribution in [0, 0.1) is 0 Å². The standard InChI is InChI=1S/C63H104O12/c1-4-7-10-13-16-19-22-24-26-28-30-32-35-37-40-43-46-49-55(64)71-52-54(73-56(65)50-47-44-41-39-36-33-31-29-27-25-23-20-17-14-11-8-5-2)53-72-63-61(59(68)58(67)60(75-63)62(69)70)74-57(66)51-48-45-42-38-34-21-18-15-12-9-6-3/h7,10,15-20,24-27,30,32,54,58-61,63,67-68H,4-6,8-9,11-14,21-23,28-29,31,33-53H2,1-3H3,(H,69,70)/b10-7-,18-15-,19-16-,20-17-,26-24-,27-25-,32-30-. The minimum absolute atomic E-state index is 0.0436. The van der Waals surface area contributed by atoms with Crippen molar-refractivity contribution in [3.05, 3.63) is 85.1 Å². The first-order valence-corrected chi connectivity index (χ1v) is 29.6. The smallest absolute Gasteiger partial charge is 0.335 e. The number of rotatable bonds is 49. The summed E-state index contributed by atoms with van der Waals surface area (Å²) in [5.41, 5.74) is 0. The monoisotopic (exact) mass is 1050 g/mol. The topological polar surface area (TPSA) is 175 Å². The second-order valence-corrected chi connectivity index (χ2v) is 19.9. The summed E-state index contributed by atoms with van der Waals surface area (Å²) in [5, 5.41) is 31.4. The summed E-state index contributed by atoms with van der Waals surface area (Å²) < 4.78 is 28.4. The first-order valence-electron chi connectivity index (χ1n) is 29.6.